The fourth-order valence-electron chi connectivity index (χ4n) is 2.26. The Hall–Kier alpha value is -3.55. The lowest BCUT2D eigenvalue weighted by Gasteiger charge is -2.07. The van der Waals surface area contributed by atoms with Gasteiger partial charge in [-0.1, -0.05) is 12.1 Å². The highest BCUT2D eigenvalue weighted by atomic mass is 16.6. The number of amides is 1. The van der Waals surface area contributed by atoms with Gasteiger partial charge in [0, 0.05) is 29.7 Å². The number of hydrogen-bond acceptors (Lipinski definition) is 5. The molecule has 1 aromatic carbocycles. The lowest BCUT2D eigenvalue weighted by Crippen LogP contribution is -2.26. The second-order valence-electron chi connectivity index (χ2n) is 5.12. The summed E-state index contributed by atoms with van der Waals surface area (Å²) in [5.41, 5.74) is 0.355. The van der Waals surface area contributed by atoms with Gasteiger partial charge in [0.05, 0.1) is 4.92 Å². The number of rotatable bonds is 3. The summed E-state index contributed by atoms with van der Waals surface area (Å²) in [6.07, 6.45) is 2.70. The number of anilines is 1. The van der Waals surface area contributed by atoms with Crippen LogP contribution < -0.4 is 10.9 Å². The molecular formula is C16H12N4O4. The van der Waals surface area contributed by atoms with Gasteiger partial charge in [-0.15, -0.1) is 0 Å². The van der Waals surface area contributed by atoms with Gasteiger partial charge in [0.2, 0.25) is 0 Å². The molecule has 2 heterocycles. The van der Waals surface area contributed by atoms with Gasteiger partial charge in [-0.3, -0.25) is 24.1 Å². The van der Waals surface area contributed by atoms with Gasteiger partial charge in [0.15, 0.2) is 0 Å². The van der Waals surface area contributed by atoms with Gasteiger partial charge < -0.3 is 5.32 Å². The summed E-state index contributed by atoms with van der Waals surface area (Å²) in [6, 6.07) is 9.34. The molecule has 0 spiro atoms. The molecular weight excluding hydrogens is 312 g/mol. The zero-order valence-electron chi connectivity index (χ0n) is 12.6. The van der Waals surface area contributed by atoms with E-state index in [1.165, 1.54) is 35.0 Å². The van der Waals surface area contributed by atoms with Gasteiger partial charge in [0.1, 0.15) is 11.2 Å². The third-order valence-corrected chi connectivity index (χ3v) is 3.52. The number of pyridine rings is 1. The minimum Gasteiger partial charge on any atom is -0.322 e. The predicted molar refractivity (Wildman–Crippen MR) is 87.2 cm³/mol. The lowest BCUT2D eigenvalue weighted by molar-refractivity contribution is -0.385. The molecule has 0 unspecified atom stereocenters. The number of aryl methyl sites for hydroxylation is 1. The van der Waals surface area contributed by atoms with E-state index in [1.54, 1.807) is 25.1 Å². The van der Waals surface area contributed by atoms with Gasteiger partial charge >= 0.3 is 0 Å². The Labute approximate surface area is 135 Å². The van der Waals surface area contributed by atoms with Gasteiger partial charge in [0.25, 0.3) is 17.2 Å². The molecule has 120 valence electrons. The summed E-state index contributed by atoms with van der Waals surface area (Å²) in [5.74, 6) is -0.677. The van der Waals surface area contributed by atoms with Gasteiger partial charge in [-0.2, -0.15) is 0 Å². The molecule has 1 N–H and O–H groups in total. The van der Waals surface area contributed by atoms with Crippen molar-refractivity contribution in [3.8, 4) is 0 Å². The van der Waals surface area contributed by atoms with Crippen LogP contribution in [0.4, 0.5) is 11.4 Å². The Morgan fingerprint density at radius 3 is 2.83 bits per heavy atom. The molecule has 2 aromatic heterocycles. The third kappa shape index (κ3) is 2.72. The van der Waals surface area contributed by atoms with E-state index in [4.69, 9.17) is 0 Å². The predicted octanol–water partition coefficient (Wildman–Crippen LogP) is 2.16. The topological polar surface area (TPSA) is 107 Å². The Balaban J connectivity index is 1.96. The molecule has 1 amide bonds. The van der Waals surface area contributed by atoms with Crippen LogP contribution in [-0.2, 0) is 0 Å². The monoisotopic (exact) mass is 324 g/mol. The number of nitrogens with zero attached hydrogens (tertiary/aromatic N) is 3. The summed E-state index contributed by atoms with van der Waals surface area (Å²) < 4.78 is 1.26. The van der Waals surface area contributed by atoms with E-state index in [9.17, 15) is 19.7 Å². The van der Waals surface area contributed by atoms with Crippen LogP contribution in [0.2, 0.25) is 0 Å². The molecule has 0 aliphatic heterocycles. The van der Waals surface area contributed by atoms with Crippen molar-refractivity contribution in [2.45, 2.75) is 6.92 Å². The SMILES string of the molecule is Cc1ccc(NC(=O)c2cnc3ccccn3c2=O)cc1[N+](=O)[O-]. The van der Waals surface area contributed by atoms with E-state index in [2.05, 4.69) is 10.3 Å². The maximum atomic E-state index is 12.3. The molecule has 0 fully saturated rings. The first-order valence-corrected chi connectivity index (χ1v) is 7.00. The van der Waals surface area contributed by atoms with E-state index in [0.29, 0.717) is 11.2 Å². The van der Waals surface area contributed by atoms with Crippen molar-refractivity contribution < 1.29 is 9.72 Å². The summed E-state index contributed by atoms with van der Waals surface area (Å²) in [6.45, 7) is 1.60. The van der Waals surface area contributed by atoms with Crippen LogP contribution in [0.3, 0.4) is 0 Å². The molecule has 0 aliphatic rings. The van der Waals surface area contributed by atoms with Gasteiger partial charge in [-0.25, -0.2) is 4.98 Å². The molecule has 0 atom stereocenters. The number of nitro groups is 1. The number of benzene rings is 1. The molecule has 0 saturated heterocycles. The second-order valence-corrected chi connectivity index (χ2v) is 5.12. The highest BCUT2D eigenvalue weighted by molar-refractivity contribution is 6.04. The van der Waals surface area contributed by atoms with Crippen LogP contribution in [0.25, 0.3) is 5.65 Å². The first-order valence-electron chi connectivity index (χ1n) is 7.00. The van der Waals surface area contributed by atoms with Crippen molar-refractivity contribution in [1.82, 2.24) is 9.38 Å². The fraction of sp³-hybridized carbons (Fsp3) is 0.0625. The molecule has 0 radical (unpaired) electrons. The summed E-state index contributed by atoms with van der Waals surface area (Å²) >= 11 is 0. The number of nitrogens with one attached hydrogen (secondary N) is 1. The van der Waals surface area contributed by atoms with Crippen LogP contribution in [0.1, 0.15) is 15.9 Å². The minimum atomic E-state index is -0.677. The van der Waals surface area contributed by atoms with Crippen molar-refractivity contribution in [3.05, 3.63) is 80.4 Å². The van der Waals surface area contributed by atoms with Gasteiger partial charge in [-0.05, 0) is 25.1 Å². The van der Waals surface area contributed by atoms with E-state index in [0.717, 1.165) is 0 Å². The average molecular weight is 324 g/mol. The Kier molecular flexibility index (Phi) is 3.78. The number of carbonyl (C=O) groups is 1. The van der Waals surface area contributed by atoms with Crippen LogP contribution in [0.5, 0.6) is 0 Å². The molecule has 3 rings (SSSR count). The number of aromatic nitrogens is 2. The third-order valence-electron chi connectivity index (χ3n) is 3.52. The number of nitro benzene ring substituents is 1. The van der Waals surface area contributed by atoms with Crippen molar-refractivity contribution in [2.24, 2.45) is 0 Å². The number of hydrogen-bond donors (Lipinski definition) is 1. The van der Waals surface area contributed by atoms with E-state index in [-0.39, 0.29) is 16.9 Å². The fourth-order valence-corrected chi connectivity index (χ4v) is 2.26. The average Bonchev–Trinajstić information content (AvgIpc) is 2.57. The van der Waals surface area contributed by atoms with Crippen molar-refractivity contribution >= 4 is 22.9 Å². The molecule has 0 saturated carbocycles. The normalized spacial score (nSPS) is 10.5. The van der Waals surface area contributed by atoms with Crippen molar-refractivity contribution in [2.75, 3.05) is 5.32 Å². The molecule has 3 aromatic rings. The highest BCUT2D eigenvalue weighted by Gasteiger charge is 2.16. The van der Waals surface area contributed by atoms with Crippen molar-refractivity contribution in [3.63, 3.8) is 0 Å². The Morgan fingerprint density at radius 2 is 2.08 bits per heavy atom. The summed E-state index contributed by atoms with van der Waals surface area (Å²) in [4.78, 5) is 39.1. The highest BCUT2D eigenvalue weighted by Crippen LogP contribution is 2.22. The maximum absolute atomic E-state index is 12.3. The Morgan fingerprint density at radius 1 is 1.29 bits per heavy atom. The lowest BCUT2D eigenvalue weighted by atomic mass is 10.2. The standard InChI is InChI=1S/C16H12N4O4/c1-10-5-6-11(8-13(10)20(23)24)18-15(21)12-9-17-14-4-2-3-7-19(14)16(12)22/h2-9H,1H3,(H,18,21). The molecule has 8 nitrogen and oxygen atoms in total. The van der Waals surface area contributed by atoms with Crippen LogP contribution in [0, 0.1) is 17.0 Å². The minimum absolute atomic E-state index is 0.110. The molecule has 8 heteroatoms. The smallest absolute Gasteiger partial charge is 0.274 e. The van der Waals surface area contributed by atoms with E-state index < -0.39 is 16.4 Å². The molecule has 24 heavy (non-hydrogen) atoms. The summed E-state index contributed by atoms with van der Waals surface area (Å²) in [5, 5.41) is 13.4. The van der Waals surface area contributed by atoms with Crippen LogP contribution in [-0.4, -0.2) is 20.2 Å². The number of fused-ring (bicyclic) bond motifs is 1. The second kappa shape index (κ2) is 5.92. The largest absolute Gasteiger partial charge is 0.322 e. The van der Waals surface area contributed by atoms with E-state index >= 15 is 0 Å². The summed E-state index contributed by atoms with van der Waals surface area (Å²) in [7, 11) is 0. The molecule has 0 aliphatic carbocycles. The first kappa shape index (κ1) is 15.3. The quantitative estimate of drug-likeness (QED) is 0.587. The molecule has 0 bridgehead atoms. The zero-order valence-corrected chi connectivity index (χ0v) is 12.6. The zero-order chi connectivity index (χ0) is 17.3. The number of carbonyl (C=O) groups excluding carboxylic acids is 1. The first-order chi connectivity index (χ1) is 11.5. The van der Waals surface area contributed by atoms with Crippen LogP contribution in [0.15, 0.2) is 53.6 Å². The maximum Gasteiger partial charge on any atom is 0.274 e. The Bertz CT molecular complexity index is 1030. The van der Waals surface area contributed by atoms with Crippen LogP contribution >= 0.6 is 0 Å². The van der Waals surface area contributed by atoms with E-state index in [1.807, 2.05) is 0 Å². The van der Waals surface area contributed by atoms with Crippen molar-refractivity contribution in [1.29, 1.82) is 0 Å².